The smallest absolute Gasteiger partial charge is 0.195 e. The van der Waals surface area contributed by atoms with Gasteiger partial charge in [-0.1, -0.05) is 19.9 Å². The van der Waals surface area contributed by atoms with Gasteiger partial charge in [-0.15, -0.1) is 0 Å². The molecule has 0 saturated carbocycles. The molecule has 2 heterocycles. The van der Waals surface area contributed by atoms with Crippen LogP contribution in [0, 0.1) is 10.7 Å². The van der Waals surface area contributed by atoms with E-state index in [1.807, 2.05) is 22.8 Å². The molecule has 5 heteroatoms. The summed E-state index contributed by atoms with van der Waals surface area (Å²) >= 11 is 5.29. The molecule has 0 aliphatic carbocycles. The minimum atomic E-state index is 0.290. The molecule has 0 bridgehead atoms. The average Bonchev–Trinajstić information content (AvgIpc) is 2.71. The highest BCUT2D eigenvalue weighted by Gasteiger charge is 2.17. The van der Waals surface area contributed by atoms with Crippen molar-refractivity contribution in [1.82, 2.24) is 19.7 Å². The van der Waals surface area contributed by atoms with Crippen molar-refractivity contribution in [3.8, 4) is 11.5 Å². The van der Waals surface area contributed by atoms with Crippen LogP contribution in [0.15, 0.2) is 24.4 Å². The number of hydrogen-bond donors (Lipinski definition) is 1. The Morgan fingerprint density at radius 3 is 2.65 bits per heavy atom. The van der Waals surface area contributed by atoms with E-state index in [0.29, 0.717) is 16.7 Å². The highest BCUT2D eigenvalue weighted by Crippen LogP contribution is 2.23. The number of aromatic amines is 1. The van der Waals surface area contributed by atoms with Crippen LogP contribution in [0.1, 0.15) is 26.8 Å². The van der Waals surface area contributed by atoms with Crippen molar-refractivity contribution >= 4 is 12.2 Å². The van der Waals surface area contributed by atoms with Crippen molar-refractivity contribution in [3.05, 3.63) is 29.2 Å². The first-order valence-corrected chi connectivity index (χ1v) is 6.10. The first kappa shape index (κ1) is 12.0. The van der Waals surface area contributed by atoms with Crippen LogP contribution in [-0.4, -0.2) is 19.7 Å². The van der Waals surface area contributed by atoms with Crippen molar-refractivity contribution in [2.24, 2.45) is 5.92 Å². The van der Waals surface area contributed by atoms with Crippen LogP contribution in [0.2, 0.25) is 0 Å². The van der Waals surface area contributed by atoms with E-state index >= 15 is 0 Å². The summed E-state index contributed by atoms with van der Waals surface area (Å²) < 4.78 is 2.68. The number of aromatic nitrogens is 4. The lowest BCUT2D eigenvalue weighted by Gasteiger charge is -2.18. The standard InChI is InChI=1S/C12H16N4S/c1-8(2)9(3)16-11(14-15-12(16)17)10-6-4-5-7-13-10/h4-9H,1-3H3,(H,15,17). The predicted octanol–water partition coefficient (Wildman–Crippen LogP) is 3.22. The maximum Gasteiger partial charge on any atom is 0.195 e. The molecule has 2 rings (SSSR count). The van der Waals surface area contributed by atoms with E-state index in [-0.39, 0.29) is 0 Å². The van der Waals surface area contributed by atoms with Gasteiger partial charge >= 0.3 is 0 Å². The van der Waals surface area contributed by atoms with Crippen LogP contribution >= 0.6 is 12.2 Å². The summed E-state index contributed by atoms with van der Waals surface area (Å²) in [6, 6.07) is 6.07. The maximum absolute atomic E-state index is 5.29. The van der Waals surface area contributed by atoms with Crippen molar-refractivity contribution in [1.29, 1.82) is 0 Å². The predicted molar refractivity (Wildman–Crippen MR) is 70.2 cm³/mol. The molecular formula is C12H16N4S. The van der Waals surface area contributed by atoms with Gasteiger partial charge in [-0.2, -0.15) is 5.10 Å². The molecule has 0 amide bonds. The molecule has 4 nitrogen and oxygen atoms in total. The van der Waals surface area contributed by atoms with Gasteiger partial charge in [0.1, 0.15) is 5.69 Å². The molecule has 0 fully saturated rings. The number of pyridine rings is 1. The number of H-pyrrole nitrogens is 1. The van der Waals surface area contributed by atoms with E-state index in [4.69, 9.17) is 12.2 Å². The summed E-state index contributed by atoms with van der Waals surface area (Å²) in [4.78, 5) is 4.32. The summed E-state index contributed by atoms with van der Waals surface area (Å²) in [6.45, 7) is 6.48. The van der Waals surface area contributed by atoms with E-state index in [2.05, 4.69) is 36.0 Å². The molecule has 90 valence electrons. The zero-order chi connectivity index (χ0) is 12.4. The number of nitrogens with zero attached hydrogens (tertiary/aromatic N) is 3. The van der Waals surface area contributed by atoms with Gasteiger partial charge in [0.25, 0.3) is 0 Å². The van der Waals surface area contributed by atoms with Crippen LogP contribution in [0.25, 0.3) is 11.5 Å². The largest absolute Gasteiger partial charge is 0.296 e. The topological polar surface area (TPSA) is 46.5 Å². The fraction of sp³-hybridized carbons (Fsp3) is 0.417. The monoisotopic (exact) mass is 248 g/mol. The van der Waals surface area contributed by atoms with Crippen molar-refractivity contribution in [3.63, 3.8) is 0 Å². The summed E-state index contributed by atoms with van der Waals surface area (Å²) in [5.74, 6) is 1.29. The Labute approximate surface area is 106 Å². The third-order valence-corrected chi connectivity index (χ3v) is 3.26. The highest BCUT2D eigenvalue weighted by atomic mass is 32.1. The second kappa shape index (κ2) is 4.79. The highest BCUT2D eigenvalue weighted by molar-refractivity contribution is 7.71. The molecule has 17 heavy (non-hydrogen) atoms. The lowest BCUT2D eigenvalue weighted by atomic mass is 10.1. The lowest BCUT2D eigenvalue weighted by Crippen LogP contribution is -2.13. The first-order chi connectivity index (χ1) is 8.11. The quantitative estimate of drug-likeness (QED) is 0.848. The Morgan fingerprint density at radius 1 is 1.29 bits per heavy atom. The third-order valence-electron chi connectivity index (χ3n) is 2.97. The molecule has 0 aliphatic rings. The average molecular weight is 248 g/mol. The third kappa shape index (κ3) is 2.29. The SMILES string of the molecule is CC(C)C(C)n1c(-c2ccccn2)n[nH]c1=S. The van der Waals surface area contributed by atoms with Gasteiger partial charge < -0.3 is 0 Å². The zero-order valence-corrected chi connectivity index (χ0v) is 11.0. The molecular weight excluding hydrogens is 232 g/mol. The van der Waals surface area contributed by atoms with Crippen molar-refractivity contribution < 1.29 is 0 Å². The molecule has 0 spiro atoms. The minimum absolute atomic E-state index is 0.290. The summed E-state index contributed by atoms with van der Waals surface area (Å²) in [5, 5.41) is 7.12. The lowest BCUT2D eigenvalue weighted by molar-refractivity contribution is 0.406. The Balaban J connectivity index is 2.54. The first-order valence-electron chi connectivity index (χ1n) is 5.69. The molecule has 2 aromatic heterocycles. The van der Waals surface area contributed by atoms with Gasteiger partial charge in [0.15, 0.2) is 10.6 Å². The van der Waals surface area contributed by atoms with Crippen molar-refractivity contribution in [2.45, 2.75) is 26.8 Å². The van der Waals surface area contributed by atoms with E-state index in [0.717, 1.165) is 11.5 Å². The number of rotatable bonds is 3. The van der Waals surface area contributed by atoms with E-state index in [1.165, 1.54) is 0 Å². The Bertz CT molecular complexity index is 541. The Morgan fingerprint density at radius 2 is 2.06 bits per heavy atom. The molecule has 1 atom stereocenters. The van der Waals surface area contributed by atoms with Crippen LogP contribution < -0.4 is 0 Å². The van der Waals surface area contributed by atoms with Gasteiger partial charge in [-0.25, -0.2) is 0 Å². The van der Waals surface area contributed by atoms with Gasteiger partial charge in [0.05, 0.1) is 0 Å². The second-order valence-corrected chi connectivity index (χ2v) is 4.81. The summed E-state index contributed by atoms with van der Waals surface area (Å²) in [7, 11) is 0. The van der Waals surface area contributed by atoms with Crippen LogP contribution in [0.5, 0.6) is 0 Å². The zero-order valence-electron chi connectivity index (χ0n) is 10.2. The summed E-state index contributed by atoms with van der Waals surface area (Å²) in [6.07, 6.45) is 1.76. The molecule has 1 N–H and O–H groups in total. The normalized spacial score (nSPS) is 12.9. The van der Waals surface area contributed by atoms with Crippen LogP contribution in [-0.2, 0) is 0 Å². The number of hydrogen-bond acceptors (Lipinski definition) is 3. The van der Waals surface area contributed by atoms with Crippen molar-refractivity contribution in [2.75, 3.05) is 0 Å². The van der Waals surface area contributed by atoms with Gasteiger partial charge in [-0.3, -0.25) is 14.6 Å². The second-order valence-electron chi connectivity index (χ2n) is 4.42. The summed E-state index contributed by atoms with van der Waals surface area (Å²) in [5.41, 5.74) is 0.840. The van der Waals surface area contributed by atoms with E-state index in [1.54, 1.807) is 6.20 Å². The number of nitrogens with one attached hydrogen (secondary N) is 1. The molecule has 1 unspecified atom stereocenters. The minimum Gasteiger partial charge on any atom is -0.296 e. The van der Waals surface area contributed by atoms with E-state index < -0.39 is 0 Å². The fourth-order valence-corrected chi connectivity index (χ4v) is 1.95. The van der Waals surface area contributed by atoms with Gasteiger partial charge in [-0.05, 0) is 37.2 Å². The maximum atomic E-state index is 5.29. The molecule has 0 radical (unpaired) electrons. The molecule has 0 aliphatic heterocycles. The molecule has 2 aromatic rings. The fourth-order valence-electron chi connectivity index (χ4n) is 1.66. The van der Waals surface area contributed by atoms with Crippen LogP contribution in [0.4, 0.5) is 0 Å². The Kier molecular flexibility index (Phi) is 3.38. The van der Waals surface area contributed by atoms with Gasteiger partial charge in [0.2, 0.25) is 0 Å². The molecule has 0 saturated heterocycles. The van der Waals surface area contributed by atoms with Crippen LogP contribution in [0.3, 0.4) is 0 Å². The molecule has 0 aromatic carbocycles. The van der Waals surface area contributed by atoms with Gasteiger partial charge in [0, 0.05) is 12.2 Å². The Hall–Kier alpha value is -1.49. The van der Waals surface area contributed by atoms with E-state index in [9.17, 15) is 0 Å².